The lowest BCUT2D eigenvalue weighted by atomic mass is 10.0. The average Bonchev–Trinajstić information content (AvgIpc) is 2.97. The number of nitrogens with one attached hydrogen (secondary N) is 1. The average molecular weight is 357 g/mol. The maximum Gasteiger partial charge on any atom is 0.258 e. The Morgan fingerprint density at radius 1 is 1.21 bits per heavy atom. The van der Waals surface area contributed by atoms with Gasteiger partial charge in [-0.15, -0.1) is 11.8 Å². The molecule has 0 bridgehead atoms. The molecule has 0 saturated carbocycles. The molecule has 3 nitrogen and oxygen atoms in total. The number of amides is 1. The third-order valence-corrected chi connectivity index (χ3v) is 5.62. The summed E-state index contributed by atoms with van der Waals surface area (Å²) in [7, 11) is 0. The quantitative estimate of drug-likeness (QED) is 0.589. The molecule has 0 aliphatic heterocycles. The van der Waals surface area contributed by atoms with E-state index in [1.807, 2.05) is 24.3 Å². The fourth-order valence-corrected chi connectivity index (χ4v) is 4.29. The van der Waals surface area contributed by atoms with E-state index < -0.39 is 0 Å². The Bertz CT molecular complexity index is 871. The van der Waals surface area contributed by atoms with E-state index in [1.54, 1.807) is 11.8 Å². The van der Waals surface area contributed by atoms with Gasteiger partial charge in [-0.2, -0.15) is 0 Å². The molecule has 0 saturated heterocycles. The fraction of sp³-hybridized carbons (Fsp3) is 0.263. The van der Waals surface area contributed by atoms with E-state index in [-0.39, 0.29) is 5.91 Å². The van der Waals surface area contributed by atoms with Crippen molar-refractivity contribution in [2.45, 2.75) is 31.6 Å². The molecule has 0 spiro atoms. The second-order valence-electron chi connectivity index (χ2n) is 5.75. The van der Waals surface area contributed by atoms with E-state index in [2.05, 4.69) is 49.3 Å². The number of hydrogen-bond acceptors (Lipinski definition) is 4. The SMILES string of the molecule is CCSc1ccccc1C(=O)Nc1nc2c(C(C)C)cccc2s1. The minimum absolute atomic E-state index is 0.100. The summed E-state index contributed by atoms with van der Waals surface area (Å²) in [5, 5.41) is 3.62. The van der Waals surface area contributed by atoms with Gasteiger partial charge in [0.05, 0.1) is 15.8 Å². The molecule has 2 aromatic carbocycles. The molecular formula is C19H20N2OS2. The predicted molar refractivity (Wildman–Crippen MR) is 105 cm³/mol. The lowest BCUT2D eigenvalue weighted by Gasteiger charge is -2.07. The van der Waals surface area contributed by atoms with Crippen LogP contribution < -0.4 is 5.32 Å². The Morgan fingerprint density at radius 2 is 2.00 bits per heavy atom. The molecule has 124 valence electrons. The van der Waals surface area contributed by atoms with Gasteiger partial charge in [-0.1, -0.05) is 56.4 Å². The van der Waals surface area contributed by atoms with E-state index in [4.69, 9.17) is 0 Å². The van der Waals surface area contributed by atoms with Crippen molar-refractivity contribution >= 4 is 44.4 Å². The van der Waals surface area contributed by atoms with Crippen LogP contribution in [-0.2, 0) is 0 Å². The zero-order chi connectivity index (χ0) is 17.1. The Labute approximate surface area is 150 Å². The van der Waals surface area contributed by atoms with Crippen molar-refractivity contribution < 1.29 is 4.79 Å². The van der Waals surface area contributed by atoms with Crippen molar-refractivity contribution in [2.24, 2.45) is 0 Å². The van der Waals surface area contributed by atoms with E-state index in [9.17, 15) is 4.79 Å². The number of anilines is 1. The van der Waals surface area contributed by atoms with Crippen LogP contribution in [-0.4, -0.2) is 16.6 Å². The molecule has 0 aliphatic rings. The molecule has 1 aromatic heterocycles. The standard InChI is InChI=1S/C19H20N2OS2/c1-4-23-15-10-6-5-8-14(15)18(22)21-19-20-17-13(12(2)3)9-7-11-16(17)24-19/h5-12H,4H2,1-3H3,(H,20,21,22). The molecule has 3 aromatic rings. The predicted octanol–water partition coefficient (Wildman–Crippen LogP) is 5.78. The molecule has 5 heteroatoms. The molecule has 0 aliphatic carbocycles. The normalized spacial score (nSPS) is 11.2. The van der Waals surface area contributed by atoms with Crippen LogP contribution in [0.2, 0.25) is 0 Å². The van der Waals surface area contributed by atoms with Crippen LogP contribution in [0.1, 0.15) is 42.6 Å². The molecule has 24 heavy (non-hydrogen) atoms. The fourth-order valence-electron chi connectivity index (χ4n) is 2.59. The van der Waals surface area contributed by atoms with Crippen LogP contribution in [0, 0.1) is 0 Å². The number of rotatable bonds is 5. The molecule has 0 atom stereocenters. The highest BCUT2D eigenvalue weighted by molar-refractivity contribution is 7.99. The van der Waals surface area contributed by atoms with Gasteiger partial charge in [0.15, 0.2) is 5.13 Å². The molecule has 0 radical (unpaired) electrons. The number of thiazole rings is 1. The molecule has 0 fully saturated rings. The van der Waals surface area contributed by atoms with E-state index >= 15 is 0 Å². The third kappa shape index (κ3) is 3.47. The van der Waals surface area contributed by atoms with Crippen molar-refractivity contribution in [3.63, 3.8) is 0 Å². The summed E-state index contributed by atoms with van der Waals surface area (Å²) in [4.78, 5) is 18.3. The van der Waals surface area contributed by atoms with Crippen molar-refractivity contribution in [2.75, 3.05) is 11.1 Å². The van der Waals surface area contributed by atoms with Crippen LogP contribution >= 0.6 is 23.1 Å². The second-order valence-corrected chi connectivity index (χ2v) is 8.09. The van der Waals surface area contributed by atoms with Gasteiger partial charge in [0.25, 0.3) is 5.91 Å². The summed E-state index contributed by atoms with van der Waals surface area (Å²) in [5.74, 6) is 1.24. The third-order valence-electron chi connectivity index (χ3n) is 3.72. The smallest absolute Gasteiger partial charge is 0.258 e. The summed E-state index contributed by atoms with van der Waals surface area (Å²) in [6.45, 7) is 6.40. The number of carbonyl (C=O) groups excluding carboxylic acids is 1. The first-order chi connectivity index (χ1) is 11.6. The first kappa shape index (κ1) is 17.0. The van der Waals surface area contributed by atoms with Gasteiger partial charge in [-0.25, -0.2) is 4.98 Å². The Balaban J connectivity index is 1.90. The Kier molecular flexibility index (Phi) is 5.21. The highest BCUT2D eigenvalue weighted by Gasteiger charge is 2.15. The van der Waals surface area contributed by atoms with Crippen LogP contribution in [0.3, 0.4) is 0 Å². The number of thioether (sulfide) groups is 1. The van der Waals surface area contributed by atoms with E-state index in [0.717, 1.165) is 20.9 Å². The van der Waals surface area contributed by atoms with Crippen LogP contribution in [0.15, 0.2) is 47.4 Å². The molecule has 1 N–H and O–H groups in total. The first-order valence-corrected chi connectivity index (χ1v) is 9.83. The van der Waals surface area contributed by atoms with Crippen LogP contribution in [0.4, 0.5) is 5.13 Å². The van der Waals surface area contributed by atoms with Crippen molar-refractivity contribution in [1.82, 2.24) is 4.98 Å². The molecular weight excluding hydrogens is 336 g/mol. The zero-order valence-corrected chi connectivity index (χ0v) is 15.6. The first-order valence-electron chi connectivity index (χ1n) is 8.02. The summed E-state index contributed by atoms with van der Waals surface area (Å²) >= 11 is 3.20. The number of para-hydroxylation sites is 1. The van der Waals surface area contributed by atoms with Gasteiger partial charge in [0, 0.05) is 4.90 Å². The van der Waals surface area contributed by atoms with Gasteiger partial charge >= 0.3 is 0 Å². The number of aromatic nitrogens is 1. The highest BCUT2D eigenvalue weighted by atomic mass is 32.2. The van der Waals surface area contributed by atoms with Gasteiger partial charge in [-0.05, 0) is 35.4 Å². The maximum atomic E-state index is 12.6. The van der Waals surface area contributed by atoms with Gasteiger partial charge < -0.3 is 0 Å². The van der Waals surface area contributed by atoms with Crippen LogP contribution in [0.5, 0.6) is 0 Å². The van der Waals surface area contributed by atoms with Crippen molar-refractivity contribution in [1.29, 1.82) is 0 Å². The largest absolute Gasteiger partial charge is 0.298 e. The maximum absolute atomic E-state index is 12.6. The number of fused-ring (bicyclic) bond motifs is 1. The molecule has 1 amide bonds. The van der Waals surface area contributed by atoms with Crippen molar-refractivity contribution in [3.05, 3.63) is 53.6 Å². The van der Waals surface area contributed by atoms with Gasteiger partial charge in [0.1, 0.15) is 0 Å². The molecule has 3 rings (SSSR count). The number of carbonyl (C=O) groups is 1. The zero-order valence-electron chi connectivity index (χ0n) is 14.0. The minimum atomic E-state index is -0.100. The van der Waals surface area contributed by atoms with E-state index in [0.29, 0.717) is 16.6 Å². The van der Waals surface area contributed by atoms with Crippen molar-refractivity contribution in [3.8, 4) is 0 Å². The Morgan fingerprint density at radius 3 is 2.75 bits per heavy atom. The lowest BCUT2D eigenvalue weighted by Crippen LogP contribution is -2.12. The summed E-state index contributed by atoms with van der Waals surface area (Å²) < 4.78 is 1.10. The summed E-state index contributed by atoms with van der Waals surface area (Å²) in [5.41, 5.74) is 2.91. The highest BCUT2D eigenvalue weighted by Crippen LogP contribution is 2.32. The summed E-state index contributed by atoms with van der Waals surface area (Å²) in [6, 6.07) is 13.9. The molecule has 0 unspecified atom stereocenters. The Hall–Kier alpha value is -1.85. The molecule has 1 heterocycles. The number of nitrogens with zero attached hydrogens (tertiary/aromatic N) is 1. The monoisotopic (exact) mass is 356 g/mol. The number of benzene rings is 2. The number of hydrogen-bond donors (Lipinski definition) is 1. The minimum Gasteiger partial charge on any atom is -0.298 e. The van der Waals surface area contributed by atoms with E-state index in [1.165, 1.54) is 16.9 Å². The second kappa shape index (κ2) is 7.36. The van der Waals surface area contributed by atoms with Crippen LogP contribution in [0.25, 0.3) is 10.2 Å². The lowest BCUT2D eigenvalue weighted by molar-refractivity contribution is 0.102. The summed E-state index contributed by atoms with van der Waals surface area (Å²) in [6.07, 6.45) is 0. The van der Waals surface area contributed by atoms with Gasteiger partial charge in [-0.3, -0.25) is 10.1 Å². The topological polar surface area (TPSA) is 42.0 Å². The van der Waals surface area contributed by atoms with Gasteiger partial charge in [0.2, 0.25) is 0 Å².